The predicted octanol–water partition coefficient (Wildman–Crippen LogP) is 2.91. The number of methoxy groups -OCH3 is 3. The summed E-state index contributed by atoms with van der Waals surface area (Å²) in [7, 11) is 4.87. The molecule has 0 bridgehead atoms. The Morgan fingerprint density at radius 1 is 1.18 bits per heavy atom. The minimum atomic E-state index is 0. The lowest BCUT2D eigenvalue weighted by molar-refractivity contribution is 0.156. The Hall–Kier alpha value is -1.42. The number of hydrogen-bond acceptors (Lipinski definition) is 5. The molecule has 2 aliphatic rings. The molecule has 1 unspecified atom stereocenters. The third-order valence-electron chi connectivity index (χ3n) is 5.44. The zero-order valence-electron chi connectivity index (χ0n) is 17.2. The molecule has 0 radical (unpaired) electrons. The van der Waals surface area contributed by atoms with Gasteiger partial charge in [0.2, 0.25) is 5.75 Å². The summed E-state index contributed by atoms with van der Waals surface area (Å²) in [6, 6.07) is 3.86. The van der Waals surface area contributed by atoms with Gasteiger partial charge >= 0.3 is 0 Å². The van der Waals surface area contributed by atoms with E-state index in [1.165, 1.54) is 0 Å². The molecule has 3 rings (SSSR count). The fourth-order valence-corrected chi connectivity index (χ4v) is 3.96. The molecule has 0 saturated carbocycles. The lowest BCUT2D eigenvalue weighted by Gasteiger charge is -2.25. The Labute approximate surface area is 184 Å². The zero-order valence-corrected chi connectivity index (χ0v) is 19.6. The Balaban J connectivity index is 0.00000280. The number of nitrogens with zero attached hydrogens (tertiary/aromatic N) is 2. The maximum atomic E-state index is 5.65. The van der Waals surface area contributed by atoms with E-state index < -0.39 is 0 Å². The molecular formula is C20H32IN3O4. The van der Waals surface area contributed by atoms with Gasteiger partial charge in [0.05, 0.1) is 34.5 Å². The van der Waals surface area contributed by atoms with Crippen molar-refractivity contribution in [2.24, 2.45) is 10.4 Å². The first-order chi connectivity index (χ1) is 13.2. The molecule has 28 heavy (non-hydrogen) atoms. The van der Waals surface area contributed by atoms with E-state index in [0.717, 1.165) is 57.2 Å². The van der Waals surface area contributed by atoms with Crippen LogP contribution in [0.2, 0.25) is 0 Å². The molecule has 2 saturated heterocycles. The largest absolute Gasteiger partial charge is 0.493 e. The number of aliphatic imine (C=N–C) groups is 1. The second-order valence-electron chi connectivity index (χ2n) is 7.14. The van der Waals surface area contributed by atoms with Gasteiger partial charge in [-0.05, 0) is 31.9 Å². The summed E-state index contributed by atoms with van der Waals surface area (Å²) in [5.74, 6) is 2.86. The molecule has 1 spiro atoms. The summed E-state index contributed by atoms with van der Waals surface area (Å²) in [6.07, 6.45) is 2.31. The Morgan fingerprint density at radius 2 is 1.96 bits per heavy atom. The molecular weight excluding hydrogens is 473 g/mol. The van der Waals surface area contributed by atoms with Crippen LogP contribution in [0.5, 0.6) is 17.2 Å². The van der Waals surface area contributed by atoms with Crippen molar-refractivity contribution in [2.45, 2.75) is 26.3 Å². The number of rotatable bonds is 6. The van der Waals surface area contributed by atoms with Gasteiger partial charge < -0.3 is 29.2 Å². The van der Waals surface area contributed by atoms with Crippen LogP contribution in [0.25, 0.3) is 0 Å². The molecule has 1 aromatic rings. The van der Waals surface area contributed by atoms with E-state index in [9.17, 15) is 0 Å². The second kappa shape index (κ2) is 10.4. The minimum absolute atomic E-state index is 0. The number of guanidine groups is 1. The zero-order chi connectivity index (χ0) is 19.3. The molecule has 0 aliphatic carbocycles. The number of benzene rings is 1. The molecule has 1 aromatic carbocycles. The van der Waals surface area contributed by atoms with Gasteiger partial charge in [0.15, 0.2) is 17.5 Å². The van der Waals surface area contributed by atoms with Gasteiger partial charge in [-0.25, -0.2) is 4.99 Å². The van der Waals surface area contributed by atoms with E-state index in [4.69, 9.17) is 23.9 Å². The monoisotopic (exact) mass is 505 g/mol. The summed E-state index contributed by atoms with van der Waals surface area (Å²) in [5.41, 5.74) is 1.26. The highest BCUT2D eigenvalue weighted by atomic mass is 127. The average molecular weight is 505 g/mol. The quantitative estimate of drug-likeness (QED) is 0.365. The van der Waals surface area contributed by atoms with Crippen LogP contribution in [0.1, 0.15) is 25.3 Å². The number of halogens is 1. The van der Waals surface area contributed by atoms with E-state index in [0.29, 0.717) is 29.2 Å². The van der Waals surface area contributed by atoms with Crippen molar-refractivity contribution < 1.29 is 18.9 Å². The van der Waals surface area contributed by atoms with Crippen LogP contribution in [0, 0.1) is 5.41 Å². The summed E-state index contributed by atoms with van der Waals surface area (Å²) in [6.45, 7) is 7.20. The van der Waals surface area contributed by atoms with Crippen LogP contribution in [-0.2, 0) is 11.3 Å². The van der Waals surface area contributed by atoms with Gasteiger partial charge in [0.1, 0.15) is 0 Å². The van der Waals surface area contributed by atoms with Crippen molar-refractivity contribution in [3.63, 3.8) is 0 Å². The second-order valence-corrected chi connectivity index (χ2v) is 7.14. The van der Waals surface area contributed by atoms with Gasteiger partial charge in [-0.1, -0.05) is 0 Å². The number of hydrogen-bond donors (Lipinski definition) is 1. The standard InChI is InChI=1S/C20H31N3O4.HI/c1-5-21-19(23-10-8-20(13-23)9-11-27-14-20)22-12-15-6-7-16(24-2)18(26-4)17(15)25-3;/h6-7H,5,8-14H2,1-4H3,(H,21,22);1H. The lowest BCUT2D eigenvalue weighted by atomic mass is 9.87. The summed E-state index contributed by atoms with van der Waals surface area (Å²) in [4.78, 5) is 7.23. The van der Waals surface area contributed by atoms with Crippen molar-refractivity contribution in [1.29, 1.82) is 0 Å². The van der Waals surface area contributed by atoms with Gasteiger partial charge in [0.25, 0.3) is 0 Å². The van der Waals surface area contributed by atoms with Crippen LogP contribution in [0.3, 0.4) is 0 Å². The van der Waals surface area contributed by atoms with Crippen molar-refractivity contribution in [2.75, 3.05) is 54.2 Å². The Morgan fingerprint density at radius 3 is 2.57 bits per heavy atom. The first-order valence-corrected chi connectivity index (χ1v) is 9.55. The normalized spacial score (nSPS) is 21.6. The summed E-state index contributed by atoms with van der Waals surface area (Å²) < 4.78 is 22.1. The summed E-state index contributed by atoms with van der Waals surface area (Å²) >= 11 is 0. The SMILES string of the molecule is CCNC(=NCc1ccc(OC)c(OC)c1OC)N1CCC2(CCOC2)C1.I. The van der Waals surface area contributed by atoms with E-state index in [1.54, 1.807) is 21.3 Å². The van der Waals surface area contributed by atoms with Crippen LogP contribution in [-0.4, -0.2) is 65.0 Å². The van der Waals surface area contributed by atoms with Crippen LogP contribution < -0.4 is 19.5 Å². The minimum Gasteiger partial charge on any atom is -0.493 e. The van der Waals surface area contributed by atoms with Gasteiger partial charge in [-0.15, -0.1) is 24.0 Å². The molecule has 7 nitrogen and oxygen atoms in total. The summed E-state index contributed by atoms with van der Waals surface area (Å²) in [5, 5.41) is 3.43. The average Bonchev–Trinajstić information content (AvgIpc) is 3.34. The first-order valence-electron chi connectivity index (χ1n) is 9.55. The highest BCUT2D eigenvalue weighted by molar-refractivity contribution is 14.0. The van der Waals surface area contributed by atoms with Crippen LogP contribution >= 0.6 is 24.0 Å². The van der Waals surface area contributed by atoms with Gasteiger partial charge in [-0.3, -0.25) is 0 Å². The predicted molar refractivity (Wildman–Crippen MR) is 120 cm³/mol. The molecule has 0 amide bonds. The number of likely N-dealkylation sites (tertiary alicyclic amines) is 1. The third kappa shape index (κ3) is 4.76. The highest BCUT2D eigenvalue weighted by Gasteiger charge is 2.42. The maximum Gasteiger partial charge on any atom is 0.203 e. The number of ether oxygens (including phenoxy) is 4. The molecule has 1 N–H and O–H groups in total. The van der Waals surface area contributed by atoms with Crippen molar-refractivity contribution in [1.82, 2.24) is 10.2 Å². The van der Waals surface area contributed by atoms with Gasteiger partial charge in [0, 0.05) is 37.2 Å². The molecule has 2 fully saturated rings. The molecule has 2 aliphatic heterocycles. The van der Waals surface area contributed by atoms with E-state index >= 15 is 0 Å². The smallest absolute Gasteiger partial charge is 0.203 e. The topological polar surface area (TPSA) is 64.6 Å². The van der Waals surface area contributed by atoms with Crippen LogP contribution in [0.4, 0.5) is 0 Å². The Kier molecular flexibility index (Phi) is 8.48. The molecule has 2 heterocycles. The Bertz CT molecular complexity index is 678. The lowest BCUT2D eigenvalue weighted by Crippen LogP contribution is -2.41. The van der Waals surface area contributed by atoms with Crippen molar-refractivity contribution in [3.8, 4) is 17.2 Å². The van der Waals surface area contributed by atoms with E-state index in [1.807, 2.05) is 12.1 Å². The molecule has 8 heteroatoms. The van der Waals surface area contributed by atoms with E-state index in [2.05, 4.69) is 17.1 Å². The van der Waals surface area contributed by atoms with Crippen LogP contribution in [0.15, 0.2) is 17.1 Å². The van der Waals surface area contributed by atoms with Crippen molar-refractivity contribution in [3.05, 3.63) is 17.7 Å². The van der Waals surface area contributed by atoms with Gasteiger partial charge in [-0.2, -0.15) is 0 Å². The maximum absolute atomic E-state index is 5.65. The first kappa shape index (κ1) is 22.9. The van der Waals surface area contributed by atoms with E-state index in [-0.39, 0.29) is 24.0 Å². The third-order valence-corrected chi connectivity index (χ3v) is 5.44. The van der Waals surface area contributed by atoms with Crippen molar-refractivity contribution >= 4 is 29.9 Å². The molecule has 158 valence electrons. The highest BCUT2D eigenvalue weighted by Crippen LogP contribution is 2.40. The molecule has 1 atom stereocenters. The fourth-order valence-electron chi connectivity index (χ4n) is 3.96. The number of nitrogens with one attached hydrogen (secondary N) is 1. The molecule has 0 aromatic heterocycles. The fraction of sp³-hybridized carbons (Fsp3) is 0.650.